The molecule has 2 N–H and O–H groups in total. The molecule has 0 unspecified atom stereocenters. The zero-order valence-corrected chi connectivity index (χ0v) is 30.4. The van der Waals surface area contributed by atoms with Crippen molar-refractivity contribution in [1.82, 2.24) is 4.98 Å². The molecular formula is C41H49F3N4O4. The predicted molar refractivity (Wildman–Crippen MR) is 199 cm³/mol. The summed E-state index contributed by atoms with van der Waals surface area (Å²) in [6, 6.07) is 27.6. The Morgan fingerprint density at radius 2 is 1.23 bits per heavy atom. The molecule has 5 aromatic rings. The highest BCUT2D eigenvalue weighted by molar-refractivity contribution is 5.91. The summed E-state index contributed by atoms with van der Waals surface area (Å²) in [6.07, 6.45) is 5.02. The number of para-hydroxylation sites is 2. The fourth-order valence-electron chi connectivity index (χ4n) is 6.20. The number of rotatable bonds is 17. The van der Waals surface area contributed by atoms with Crippen LogP contribution in [0.1, 0.15) is 68.3 Å². The van der Waals surface area contributed by atoms with Gasteiger partial charge in [0.2, 0.25) is 5.52 Å². The Bertz CT molecular complexity index is 1890. The lowest BCUT2D eigenvalue weighted by molar-refractivity contribution is -0.668. The van der Waals surface area contributed by atoms with Gasteiger partial charge in [-0.25, -0.2) is 0 Å². The molecule has 0 bridgehead atoms. The number of halogens is 3. The first-order chi connectivity index (χ1) is 25.0. The first kappa shape index (κ1) is 39.7. The van der Waals surface area contributed by atoms with Crippen LogP contribution in [0.2, 0.25) is 0 Å². The maximum absolute atomic E-state index is 10.5. The second kappa shape index (κ2) is 19.5. The van der Waals surface area contributed by atoms with Gasteiger partial charge in [0, 0.05) is 60.5 Å². The van der Waals surface area contributed by atoms with Crippen molar-refractivity contribution in [3.63, 3.8) is 0 Å². The van der Waals surface area contributed by atoms with Crippen molar-refractivity contribution in [1.29, 1.82) is 0 Å². The van der Waals surface area contributed by atoms with Gasteiger partial charge in [0.1, 0.15) is 17.5 Å². The van der Waals surface area contributed by atoms with Crippen LogP contribution in [0, 0.1) is 13.8 Å². The number of carbonyl (C=O) groups excluding carboxylic acids is 1. The third-order valence-corrected chi connectivity index (χ3v) is 8.83. The van der Waals surface area contributed by atoms with Crippen molar-refractivity contribution < 1.29 is 37.1 Å². The monoisotopic (exact) mass is 718 g/mol. The predicted octanol–water partition coefficient (Wildman–Crippen LogP) is 8.30. The molecule has 11 heteroatoms. The molecule has 0 amide bonds. The number of nitrogens with zero attached hydrogens (tertiary/aromatic N) is 2. The quantitative estimate of drug-likeness (QED) is 0.0738. The van der Waals surface area contributed by atoms with E-state index in [1.165, 1.54) is 84.7 Å². The lowest BCUT2D eigenvalue weighted by atomic mass is 10.1. The number of carboxylic acid groups (broad SMARTS) is 1. The van der Waals surface area contributed by atoms with Crippen molar-refractivity contribution in [2.45, 2.75) is 77.9 Å². The molecule has 0 aliphatic carbocycles. The Labute approximate surface area is 304 Å². The zero-order valence-electron chi connectivity index (χ0n) is 30.4. The van der Waals surface area contributed by atoms with Crippen molar-refractivity contribution in [2.24, 2.45) is 0 Å². The molecule has 2 aromatic heterocycles. The second-order valence-electron chi connectivity index (χ2n) is 12.8. The van der Waals surface area contributed by atoms with Crippen molar-refractivity contribution in [2.75, 3.05) is 37.9 Å². The van der Waals surface area contributed by atoms with Gasteiger partial charge in [0.15, 0.2) is 12.2 Å². The number of aliphatic carboxylic acids is 1. The molecule has 0 saturated carbocycles. The average Bonchev–Trinajstić information content (AvgIpc) is 3.13. The zero-order chi connectivity index (χ0) is 37.5. The summed E-state index contributed by atoms with van der Waals surface area (Å²) < 4.78 is 44.9. The molecule has 0 atom stereocenters. The van der Waals surface area contributed by atoms with Crippen molar-refractivity contribution in [3.8, 4) is 11.5 Å². The number of pyridine rings is 2. The molecular weight excluding hydrogens is 669 g/mol. The van der Waals surface area contributed by atoms with Gasteiger partial charge in [0.05, 0.1) is 30.8 Å². The average molecular weight is 719 g/mol. The normalized spacial score (nSPS) is 11.2. The summed E-state index contributed by atoms with van der Waals surface area (Å²) in [5, 5.41) is 18.6. The number of hydrogen-bond acceptors (Lipinski definition) is 7. The van der Waals surface area contributed by atoms with Gasteiger partial charge in [-0.1, -0.05) is 68.9 Å². The van der Waals surface area contributed by atoms with Gasteiger partial charge in [-0.2, -0.15) is 17.7 Å². The highest BCUT2D eigenvalue weighted by atomic mass is 19.4. The van der Waals surface area contributed by atoms with Crippen molar-refractivity contribution in [3.05, 3.63) is 95.8 Å². The molecule has 52 heavy (non-hydrogen) atoms. The minimum atomic E-state index is -5.19. The number of carbonyl (C=O) groups is 1. The highest BCUT2D eigenvalue weighted by Crippen LogP contribution is 2.26. The number of ether oxygens (including phenoxy) is 2. The van der Waals surface area contributed by atoms with E-state index in [2.05, 4.69) is 107 Å². The first-order valence-corrected chi connectivity index (χ1v) is 17.8. The minimum Gasteiger partial charge on any atom is -0.542 e. The number of fused-ring (bicyclic) bond motifs is 2. The Hall–Kier alpha value is -5.06. The van der Waals surface area contributed by atoms with Gasteiger partial charge in [-0.15, -0.1) is 0 Å². The van der Waals surface area contributed by atoms with Crippen molar-refractivity contribution >= 4 is 39.1 Å². The molecule has 2 heterocycles. The Kier molecular flexibility index (Phi) is 14.9. The van der Waals surface area contributed by atoms with Gasteiger partial charge in [-0.05, 0) is 50.1 Å². The molecule has 8 nitrogen and oxygen atoms in total. The SMILES string of the molecule is COc1cc(C[n+]2c(C)cc(NCCCCCCCCCCNc3cc(C)nc4ccccc34)c3ccccc32)cc(OC)c1.O=C([O-])C(F)(F)F. The van der Waals surface area contributed by atoms with E-state index >= 15 is 0 Å². The Morgan fingerprint density at radius 3 is 1.79 bits per heavy atom. The lowest BCUT2D eigenvalue weighted by Gasteiger charge is -2.13. The standard InChI is InChI=1S/C39H48N4O2.C2HF3O2/c1-29-23-37(34-17-11-13-19-36(34)42-29)40-21-15-9-7-5-6-8-10-16-22-41-38-24-30(2)43(39-20-14-12-18-35(38)39)28-31-25-32(44-3)27-33(26-31)45-4;3-2(4,5)1(6)7/h11-14,17-20,23-27H,5-10,15-16,21-22,28H2,1-4H3,(H,40,42);(H,6,7). The molecule has 278 valence electrons. The maximum atomic E-state index is 10.5. The van der Waals surface area contributed by atoms with E-state index in [1.807, 2.05) is 6.07 Å². The summed E-state index contributed by atoms with van der Waals surface area (Å²) in [7, 11) is 3.39. The third-order valence-electron chi connectivity index (χ3n) is 8.83. The lowest BCUT2D eigenvalue weighted by Crippen LogP contribution is -2.38. The fraction of sp³-hybridized carbons (Fsp3) is 0.390. The van der Waals surface area contributed by atoms with Crippen LogP contribution in [-0.2, 0) is 11.3 Å². The molecule has 0 aliphatic rings. The summed E-state index contributed by atoms with van der Waals surface area (Å²) in [6.45, 7) is 7.01. The maximum Gasteiger partial charge on any atom is 0.430 e. The molecule has 5 rings (SSSR count). The first-order valence-electron chi connectivity index (χ1n) is 17.8. The van der Waals surface area contributed by atoms with Crippen LogP contribution in [0.15, 0.2) is 78.9 Å². The van der Waals surface area contributed by atoms with Crippen LogP contribution in [0.3, 0.4) is 0 Å². The van der Waals surface area contributed by atoms with E-state index < -0.39 is 12.1 Å². The summed E-state index contributed by atoms with van der Waals surface area (Å²) in [5.41, 5.74) is 8.14. The van der Waals surface area contributed by atoms with Crippen LogP contribution >= 0.6 is 0 Å². The van der Waals surface area contributed by atoms with E-state index in [4.69, 9.17) is 19.4 Å². The van der Waals surface area contributed by atoms with Crippen LogP contribution in [0.25, 0.3) is 21.8 Å². The van der Waals surface area contributed by atoms with E-state index in [0.29, 0.717) is 0 Å². The van der Waals surface area contributed by atoms with E-state index in [-0.39, 0.29) is 0 Å². The summed E-state index contributed by atoms with van der Waals surface area (Å²) in [5.74, 6) is -1.39. The topological polar surface area (TPSA) is 99.4 Å². The number of alkyl halides is 3. The number of anilines is 2. The van der Waals surface area contributed by atoms with E-state index in [9.17, 15) is 13.2 Å². The minimum absolute atomic E-state index is 0.748. The largest absolute Gasteiger partial charge is 0.542 e. The van der Waals surface area contributed by atoms with E-state index in [1.54, 1.807) is 14.2 Å². The summed E-state index contributed by atoms with van der Waals surface area (Å²) in [4.78, 5) is 13.4. The molecule has 3 aromatic carbocycles. The Morgan fingerprint density at radius 1 is 0.731 bits per heavy atom. The second-order valence-corrected chi connectivity index (χ2v) is 12.8. The molecule has 0 saturated heterocycles. The molecule has 0 spiro atoms. The number of benzene rings is 3. The molecule has 0 fully saturated rings. The van der Waals surface area contributed by atoms with Crippen LogP contribution in [0.4, 0.5) is 24.5 Å². The molecule has 0 aliphatic heterocycles. The molecule has 0 radical (unpaired) electrons. The van der Waals surface area contributed by atoms with Crippen LogP contribution < -0.4 is 29.8 Å². The van der Waals surface area contributed by atoms with Crippen LogP contribution in [0.5, 0.6) is 11.5 Å². The number of aromatic nitrogens is 2. The van der Waals surface area contributed by atoms with Crippen LogP contribution in [-0.4, -0.2) is 44.4 Å². The number of unbranched alkanes of at least 4 members (excludes halogenated alkanes) is 7. The van der Waals surface area contributed by atoms with E-state index in [0.717, 1.165) is 47.9 Å². The number of methoxy groups -OCH3 is 2. The Balaban J connectivity index is 0.000000785. The summed E-state index contributed by atoms with van der Waals surface area (Å²) >= 11 is 0. The van der Waals surface area contributed by atoms with Gasteiger partial charge >= 0.3 is 6.18 Å². The number of carboxylic acids is 1. The van der Waals surface area contributed by atoms with Gasteiger partial charge in [-0.3, -0.25) is 4.98 Å². The smallest absolute Gasteiger partial charge is 0.430 e. The fourth-order valence-corrected chi connectivity index (χ4v) is 6.20. The van der Waals surface area contributed by atoms with Gasteiger partial charge in [0.25, 0.3) is 0 Å². The number of hydrogen-bond donors (Lipinski definition) is 2. The number of aryl methyl sites for hydroxylation is 2. The highest BCUT2D eigenvalue weighted by Gasteiger charge is 2.28. The number of nitrogens with one attached hydrogen (secondary N) is 2. The third kappa shape index (κ3) is 11.7. The van der Waals surface area contributed by atoms with Gasteiger partial charge < -0.3 is 30.0 Å².